The van der Waals surface area contributed by atoms with E-state index in [-0.39, 0.29) is 12.5 Å². The van der Waals surface area contributed by atoms with Gasteiger partial charge >= 0.3 is 0 Å². The molecule has 2 aliphatic heterocycles. The second-order valence-corrected chi connectivity index (χ2v) is 6.33. The summed E-state index contributed by atoms with van der Waals surface area (Å²) in [5.74, 6) is 2.53. The Hall–Kier alpha value is -2.61. The largest absolute Gasteiger partial charge is 0.485 e. The molecule has 0 aliphatic carbocycles. The van der Waals surface area contributed by atoms with Gasteiger partial charge in [0, 0.05) is 6.92 Å². The molecule has 1 aromatic carbocycles. The van der Waals surface area contributed by atoms with E-state index in [2.05, 4.69) is 10.2 Å². The summed E-state index contributed by atoms with van der Waals surface area (Å²) >= 11 is 0. The highest BCUT2D eigenvalue weighted by atomic mass is 16.6. The Balaban J connectivity index is 1.31. The van der Waals surface area contributed by atoms with Gasteiger partial charge in [-0.25, -0.2) is 0 Å². The van der Waals surface area contributed by atoms with Crippen molar-refractivity contribution in [1.29, 1.82) is 0 Å². The van der Waals surface area contributed by atoms with Crippen LogP contribution < -0.4 is 14.4 Å². The summed E-state index contributed by atoms with van der Waals surface area (Å²) in [6.07, 6.45) is -0.574. The molecule has 8 heteroatoms. The number of aryl methyl sites for hydroxylation is 1. The molecule has 1 atom stereocenters. The maximum Gasteiger partial charge on any atom is 0.271 e. The molecule has 2 aliphatic rings. The fourth-order valence-electron chi connectivity index (χ4n) is 3.19. The number of ether oxygens (including phenoxy) is 2. The number of carbonyl (C=O) groups excluding carboxylic acids is 1. The summed E-state index contributed by atoms with van der Waals surface area (Å²) < 4.78 is 16.9. The topological polar surface area (TPSA) is 82.1 Å². The van der Waals surface area contributed by atoms with Crippen LogP contribution in [0.2, 0.25) is 0 Å². The molecule has 1 aromatic heterocycles. The van der Waals surface area contributed by atoms with Crippen LogP contribution in [0.4, 0.5) is 0 Å². The summed E-state index contributed by atoms with van der Waals surface area (Å²) in [5.41, 5.74) is 0. The molecule has 132 valence electrons. The predicted octanol–water partition coefficient (Wildman–Crippen LogP) is -0.555. The number of aromatic nitrogens is 2. The number of piperazine rings is 1. The Morgan fingerprint density at radius 2 is 2.00 bits per heavy atom. The molecular formula is C17H21N4O4+. The van der Waals surface area contributed by atoms with E-state index in [1.54, 1.807) is 6.92 Å². The molecule has 0 unspecified atom stereocenters. The van der Waals surface area contributed by atoms with Gasteiger partial charge in [-0.1, -0.05) is 12.1 Å². The summed E-state index contributed by atoms with van der Waals surface area (Å²) in [4.78, 5) is 15.9. The fourth-order valence-corrected chi connectivity index (χ4v) is 3.19. The Kier molecular flexibility index (Phi) is 4.27. The number of nitrogens with one attached hydrogen (secondary N) is 1. The first-order chi connectivity index (χ1) is 12.2. The second-order valence-electron chi connectivity index (χ2n) is 6.33. The van der Waals surface area contributed by atoms with Crippen molar-refractivity contribution in [2.45, 2.75) is 19.6 Å². The van der Waals surface area contributed by atoms with Crippen LogP contribution in [0.5, 0.6) is 11.5 Å². The van der Waals surface area contributed by atoms with Crippen molar-refractivity contribution in [3.8, 4) is 11.5 Å². The lowest BCUT2D eigenvalue weighted by molar-refractivity contribution is -0.918. The highest BCUT2D eigenvalue weighted by Gasteiger charge is 2.33. The molecule has 0 radical (unpaired) electrons. The maximum absolute atomic E-state index is 12.7. The third kappa shape index (κ3) is 3.43. The monoisotopic (exact) mass is 345 g/mol. The lowest BCUT2D eigenvalue weighted by atomic mass is 10.2. The molecule has 0 bridgehead atoms. The van der Waals surface area contributed by atoms with Crippen molar-refractivity contribution < 1.29 is 23.6 Å². The zero-order chi connectivity index (χ0) is 17.2. The van der Waals surface area contributed by atoms with Gasteiger partial charge in [0.2, 0.25) is 12.0 Å². The number of fused-ring (bicyclic) bond motifs is 1. The van der Waals surface area contributed by atoms with Crippen molar-refractivity contribution in [1.82, 2.24) is 15.1 Å². The number of hydrogen-bond donors (Lipinski definition) is 1. The number of quaternary nitrogens is 1. The molecule has 0 spiro atoms. The third-order valence-electron chi connectivity index (χ3n) is 4.54. The lowest BCUT2D eigenvalue weighted by Crippen LogP contribution is -3.13. The number of amides is 1. The van der Waals surface area contributed by atoms with Crippen LogP contribution in [-0.4, -0.2) is 59.9 Å². The minimum atomic E-state index is -0.574. The first kappa shape index (κ1) is 15.9. The smallest absolute Gasteiger partial charge is 0.271 e. The molecule has 4 rings (SSSR count). The zero-order valence-electron chi connectivity index (χ0n) is 14.1. The van der Waals surface area contributed by atoms with Crippen LogP contribution >= 0.6 is 0 Å². The second kappa shape index (κ2) is 6.72. The van der Waals surface area contributed by atoms with E-state index in [0.29, 0.717) is 42.9 Å². The molecule has 25 heavy (non-hydrogen) atoms. The van der Waals surface area contributed by atoms with Crippen molar-refractivity contribution in [3.63, 3.8) is 0 Å². The van der Waals surface area contributed by atoms with Crippen LogP contribution in [0.3, 0.4) is 0 Å². The highest BCUT2D eigenvalue weighted by molar-refractivity contribution is 5.82. The van der Waals surface area contributed by atoms with Crippen LogP contribution in [0, 0.1) is 6.92 Å². The average Bonchev–Trinajstić information content (AvgIpc) is 3.06. The van der Waals surface area contributed by atoms with Crippen LogP contribution in [-0.2, 0) is 11.3 Å². The number of hydrogen-bond acceptors (Lipinski definition) is 6. The maximum atomic E-state index is 12.7. The lowest BCUT2D eigenvalue weighted by Gasteiger charge is -2.34. The van der Waals surface area contributed by atoms with Crippen molar-refractivity contribution in [2.75, 3.05) is 32.8 Å². The van der Waals surface area contributed by atoms with Gasteiger partial charge in [0.05, 0.1) is 26.2 Å². The van der Waals surface area contributed by atoms with E-state index in [1.807, 2.05) is 29.2 Å². The van der Waals surface area contributed by atoms with E-state index in [1.165, 1.54) is 4.90 Å². The van der Waals surface area contributed by atoms with Gasteiger partial charge in [0.15, 0.2) is 18.0 Å². The molecule has 3 heterocycles. The van der Waals surface area contributed by atoms with Crippen molar-refractivity contribution in [3.05, 3.63) is 36.0 Å². The SMILES string of the molecule is Cc1nnc(C[NH+]2CCN(C(=O)[C@@H]3COc4ccccc4O3)CC2)o1. The van der Waals surface area contributed by atoms with E-state index in [9.17, 15) is 4.79 Å². The summed E-state index contributed by atoms with van der Waals surface area (Å²) in [6, 6.07) is 7.42. The van der Waals surface area contributed by atoms with Crippen LogP contribution in [0.25, 0.3) is 0 Å². The quantitative estimate of drug-likeness (QED) is 0.804. The first-order valence-corrected chi connectivity index (χ1v) is 8.49. The van der Waals surface area contributed by atoms with Gasteiger partial charge in [-0.15, -0.1) is 10.2 Å². The highest BCUT2D eigenvalue weighted by Crippen LogP contribution is 2.31. The Morgan fingerprint density at radius 1 is 1.24 bits per heavy atom. The molecular weight excluding hydrogens is 324 g/mol. The fraction of sp³-hybridized carbons (Fsp3) is 0.471. The molecule has 0 saturated carbocycles. The van der Waals surface area contributed by atoms with E-state index < -0.39 is 6.10 Å². The molecule has 1 amide bonds. The third-order valence-corrected chi connectivity index (χ3v) is 4.54. The van der Waals surface area contributed by atoms with Gasteiger partial charge < -0.3 is 23.7 Å². The van der Waals surface area contributed by atoms with E-state index >= 15 is 0 Å². The number of nitrogens with zero attached hydrogens (tertiary/aromatic N) is 3. The number of benzene rings is 1. The van der Waals surface area contributed by atoms with E-state index in [4.69, 9.17) is 13.9 Å². The summed E-state index contributed by atoms with van der Waals surface area (Å²) in [5, 5.41) is 7.88. The summed E-state index contributed by atoms with van der Waals surface area (Å²) in [7, 11) is 0. The first-order valence-electron chi connectivity index (χ1n) is 8.49. The van der Waals surface area contributed by atoms with Crippen LogP contribution in [0.15, 0.2) is 28.7 Å². The number of carbonyl (C=O) groups is 1. The minimum Gasteiger partial charge on any atom is -0.485 e. The van der Waals surface area contributed by atoms with Crippen molar-refractivity contribution in [2.24, 2.45) is 0 Å². The van der Waals surface area contributed by atoms with Gasteiger partial charge in [-0.05, 0) is 12.1 Å². The Morgan fingerprint density at radius 3 is 2.72 bits per heavy atom. The standard InChI is InChI=1S/C17H20N4O4/c1-12-18-19-16(24-12)10-20-6-8-21(9-7-20)17(22)15-11-23-13-4-2-3-5-14(13)25-15/h2-5,15H,6-11H2,1H3/p+1/t15-/m0/s1. The number of rotatable bonds is 3. The Labute approximate surface area is 145 Å². The molecule has 2 aromatic rings. The zero-order valence-corrected chi connectivity index (χ0v) is 14.1. The van der Waals surface area contributed by atoms with Crippen molar-refractivity contribution >= 4 is 5.91 Å². The van der Waals surface area contributed by atoms with Crippen LogP contribution in [0.1, 0.15) is 11.8 Å². The normalized spacial score (nSPS) is 20.5. The van der Waals surface area contributed by atoms with Gasteiger partial charge in [-0.3, -0.25) is 4.79 Å². The number of para-hydroxylation sites is 2. The van der Waals surface area contributed by atoms with Gasteiger partial charge in [0.25, 0.3) is 11.8 Å². The van der Waals surface area contributed by atoms with Gasteiger partial charge in [-0.2, -0.15) is 0 Å². The molecule has 1 fully saturated rings. The molecule has 8 nitrogen and oxygen atoms in total. The Bertz CT molecular complexity index is 755. The van der Waals surface area contributed by atoms with Gasteiger partial charge in [0.1, 0.15) is 6.61 Å². The molecule has 1 N–H and O–H groups in total. The summed E-state index contributed by atoms with van der Waals surface area (Å²) in [6.45, 7) is 5.79. The van der Waals surface area contributed by atoms with E-state index in [0.717, 1.165) is 13.1 Å². The predicted molar refractivity (Wildman–Crippen MR) is 86.4 cm³/mol. The minimum absolute atomic E-state index is 0.0119. The average molecular weight is 345 g/mol. The molecule has 1 saturated heterocycles.